The lowest BCUT2D eigenvalue weighted by molar-refractivity contribution is -0.122. The summed E-state index contributed by atoms with van der Waals surface area (Å²) in [4.78, 5) is 17.4. The average Bonchev–Trinajstić information content (AvgIpc) is 3.24. The molecule has 34 heavy (non-hydrogen) atoms. The third kappa shape index (κ3) is 4.85. The van der Waals surface area contributed by atoms with Crippen molar-refractivity contribution < 1.29 is 19.7 Å². The first kappa shape index (κ1) is 24.0. The van der Waals surface area contributed by atoms with Crippen molar-refractivity contribution in [1.82, 2.24) is 5.32 Å². The molecule has 0 saturated carbocycles. The Morgan fingerprint density at radius 1 is 1.00 bits per heavy atom. The van der Waals surface area contributed by atoms with Crippen LogP contribution < -0.4 is 15.1 Å². The molecule has 1 amide bonds. The number of nitrogens with one attached hydrogen (secondary N) is 1. The second kappa shape index (κ2) is 9.97. The van der Waals surface area contributed by atoms with Gasteiger partial charge in [0.05, 0.1) is 13.2 Å². The zero-order valence-electron chi connectivity index (χ0n) is 20.4. The number of phenolic OH excluding ortho intramolecular Hbond substituents is 2. The molecule has 7 nitrogen and oxygen atoms in total. The van der Waals surface area contributed by atoms with E-state index in [1.54, 1.807) is 0 Å². The molecule has 0 radical (unpaired) electrons. The molecule has 1 fully saturated rings. The number of benzene rings is 2. The first-order valence-electron chi connectivity index (χ1n) is 12.0. The van der Waals surface area contributed by atoms with Crippen molar-refractivity contribution >= 4 is 23.0 Å². The van der Waals surface area contributed by atoms with Gasteiger partial charge in [-0.15, -0.1) is 0 Å². The number of phenols is 2. The Hall–Kier alpha value is -3.19. The van der Waals surface area contributed by atoms with Crippen LogP contribution in [-0.2, 0) is 9.53 Å². The van der Waals surface area contributed by atoms with Crippen LogP contribution in [0.5, 0.6) is 11.5 Å². The van der Waals surface area contributed by atoms with E-state index in [0.29, 0.717) is 12.0 Å². The maximum absolute atomic E-state index is 13.1. The SMILES string of the molecule is CC(C)NC(=O)C1CC=C(c2cc(C(C)C)c(O)cc2O)N1c1ccc(N2CCOCC2)cc1. The summed E-state index contributed by atoms with van der Waals surface area (Å²) in [5, 5.41) is 24.1. The number of anilines is 2. The fourth-order valence-corrected chi connectivity index (χ4v) is 4.67. The van der Waals surface area contributed by atoms with E-state index < -0.39 is 6.04 Å². The Labute approximate surface area is 201 Å². The van der Waals surface area contributed by atoms with E-state index in [9.17, 15) is 15.0 Å². The standard InChI is InChI=1S/C27H35N3O4/c1-17(2)21-15-22(26(32)16-25(21)31)23-9-10-24(27(33)28-18(3)4)30(23)20-7-5-19(6-8-20)29-11-13-34-14-12-29/h5-9,15-18,24,31-32H,10-14H2,1-4H3,(H,28,33). The Morgan fingerprint density at radius 2 is 1.65 bits per heavy atom. The van der Waals surface area contributed by atoms with E-state index >= 15 is 0 Å². The Kier molecular flexibility index (Phi) is 7.03. The van der Waals surface area contributed by atoms with Crippen LogP contribution >= 0.6 is 0 Å². The van der Waals surface area contributed by atoms with Gasteiger partial charge < -0.3 is 30.1 Å². The van der Waals surface area contributed by atoms with E-state index in [1.807, 2.05) is 56.9 Å². The van der Waals surface area contributed by atoms with Crippen LogP contribution in [0, 0.1) is 0 Å². The van der Waals surface area contributed by atoms with Crippen LogP contribution in [0.25, 0.3) is 5.70 Å². The summed E-state index contributed by atoms with van der Waals surface area (Å²) in [6.45, 7) is 11.0. The van der Waals surface area contributed by atoms with Crippen molar-refractivity contribution in [1.29, 1.82) is 0 Å². The van der Waals surface area contributed by atoms with Gasteiger partial charge in [0.15, 0.2) is 0 Å². The smallest absolute Gasteiger partial charge is 0.243 e. The average molecular weight is 466 g/mol. The van der Waals surface area contributed by atoms with Gasteiger partial charge in [-0.3, -0.25) is 4.79 Å². The van der Waals surface area contributed by atoms with Gasteiger partial charge in [0.2, 0.25) is 5.91 Å². The van der Waals surface area contributed by atoms with Gasteiger partial charge in [0, 0.05) is 47.8 Å². The summed E-state index contributed by atoms with van der Waals surface area (Å²) in [7, 11) is 0. The maximum atomic E-state index is 13.1. The molecule has 0 aromatic heterocycles. The lowest BCUT2D eigenvalue weighted by Crippen LogP contribution is -2.45. The summed E-state index contributed by atoms with van der Waals surface area (Å²) >= 11 is 0. The predicted octanol–water partition coefficient (Wildman–Crippen LogP) is 4.20. The Balaban J connectivity index is 1.72. The van der Waals surface area contributed by atoms with Gasteiger partial charge in [0.25, 0.3) is 0 Å². The highest BCUT2D eigenvalue weighted by atomic mass is 16.5. The monoisotopic (exact) mass is 465 g/mol. The topological polar surface area (TPSA) is 85.3 Å². The number of rotatable bonds is 6. The summed E-state index contributed by atoms with van der Waals surface area (Å²) in [5.74, 6) is 0.0990. The van der Waals surface area contributed by atoms with Crippen molar-refractivity contribution in [3.05, 3.63) is 53.6 Å². The van der Waals surface area contributed by atoms with E-state index in [1.165, 1.54) is 6.07 Å². The second-order valence-corrected chi connectivity index (χ2v) is 9.57. The van der Waals surface area contributed by atoms with Crippen molar-refractivity contribution in [2.24, 2.45) is 0 Å². The fourth-order valence-electron chi connectivity index (χ4n) is 4.67. The number of hydrogen-bond donors (Lipinski definition) is 3. The molecule has 0 spiro atoms. The maximum Gasteiger partial charge on any atom is 0.243 e. The highest BCUT2D eigenvalue weighted by Gasteiger charge is 2.35. The second-order valence-electron chi connectivity index (χ2n) is 9.57. The summed E-state index contributed by atoms with van der Waals surface area (Å²) in [5.41, 5.74) is 4.13. The molecule has 2 aromatic carbocycles. The summed E-state index contributed by atoms with van der Waals surface area (Å²) in [6.07, 6.45) is 2.52. The molecule has 2 aromatic rings. The molecule has 7 heteroatoms. The third-order valence-electron chi connectivity index (χ3n) is 6.39. The molecule has 1 saturated heterocycles. The van der Waals surface area contributed by atoms with Crippen molar-refractivity contribution in [3.63, 3.8) is 0 Å². The van der Waals surface area contributed by atoms with Crippen LogP contribution in [-0.4, -0.2) is 54.5 Å². The quantitative estimate of drug-likeness (QED) is 0.593. The number of nitrogens with zero attached hydrogens (tertiary/aromatic N) is 2. The van der Waals surface area contributed by atoms with Crippen molar-refractivity contribution in [2.75, 3.05) is 36.1 Å². The van der Waals surface area contributed by atoms with Crippen LogP contribution in [0.2, 0.25) is 0 Å². The minimum atomic E-state index is -0.428. The van der Waals surface area contributed by atoms with E-state index in [4.69, 9.17) is 4.74 Å². The molecule has 2 aliphatic rings. The fraction of sp³-hybridized carbons (Fsp3) is 0.444. The predicted molar refractivity (Wildman–Crippen MR) is 135 cm³/mol. The zero-order chi connectivity index (χ0) is 24.4. The molecule has 3 N–H and O–H groups in total. The largest absolute Gasteiger partial charge is 0.508 e. The van der Waals surface area contributed by atoms with Gasteiger partial charge in [-0.25, -0.2) is 0 Å². The molecule has 0 aliphatic carbocycles. The molecular formula is C27H35N3O4. The first-order chi connectivity index (χ1) is 16.3. The van der Waals surface area contributed by atoms with Crippen molar-refractivity contribution in [3.8, 4) is 11.5 Å². The molecule has 1 unspecified atom stereocenters. The molecule has 2 aliphatic heterocycles. The molecule has 1 atom stereocenters. The van der Waals surface area contributed by atoms with Gasteiger partial charge in [-0.2, -0.15) is 0 Å². The van der Waals surface area contributed by atoms with Crippen LogP contribution in [0.1, 0.15) is 51.2 Å². The summed E-state index contributed by atoms with van der Waals surface area (Å²) in [6, 6.07) is 11.0. The highest BCUT2D eigenvalue weighted by Crippen LogP contribution is 2.42. The molecule has 2 heterocycles. The van der Waals surface area contributed by atoms with Crippen LogP contribution in [0.3, 0.4) is 0 Å². The molecular weight excluding hydrogens is 430 g/mol. The normalized spacial score (nSPS) is 18.5. The highest BCUT2D eigenvalue weighted by molar-refractivity contribution is 5.96. The van der Waals surface area contributed by atoms with Gasteiger partial charge in [0.1, 0.15) is 17.5 Å². The Bertz CT molecular complexity index is 1060. The number of amides is 1. The number of hydrogen-bond acceptors (Lipinski definition) is 6. The number of carbonyl (C=O) groups excluding carboxylic acids is 1. The number of ether oxygens (including phenoxy) is 1. The minimum absolute atomic E-state index is 0.00648. The van der Waals surface area contributed by atoms with Crippen molar-refractivity contribution in [2.45, 2.75) is 52.1 Å². The molecule has 182 valence electrons. The van der Waals surface area contributed by atoms with E-state index in [0.717, 1.165) is 48.9 Å². The van der Waals surface area contributed by atoms with Gasteiger partial charge in [-0.1, -0.05) is 19.9 Å². The third-order valence-corrected chi connectivity index (χ3v) is 6.39. The number of morpholine rings is 1. The minimum Gasteiger partial charge on any atom is -0.508 e. The summed E-state index contributed by atoms with van der Waals surface area (Å²) < 4.78 is 5.46. The zero-order valence-corrected chi connectivity index (χ0v) is 20.4. The number of carbonyl (C=O) groups is 1. The Morgan fingerprint density at radius 3 is 2.26 bits per heavy atom. The van der Waals surface area contributed by atoms with Crippen LogP contribution in [0.4, 0.5) is 11.4 Å². The van der Waals surface area contributed by atoms with E-state index in [2.05, 4.69) is 22.3 Å². The molecule has 4 rings (SSSR count). The van der Waals surface area contributed by atoms with Gasteiger partial charge >= 0.3 is 0 Å². The number of aromatic hydroxyl groups is 2. The lowest BCUT2D eigenvalue weighted by atomic mass is 9.97. The van der Waals surface area contributed by atoms with Crippen LogP contribution in [0.15, 0.2) is 42.5 Å². The molecule has 0 bridgehead atoms. The first-order valence-corrected chi connectivity index (χ1v) is 12.0. The van der Waals surface area contributed by atoms with E-state index in [-0.39, 0.29) is 29.4 Å². The van der Waals surface area contributed by atoms with Gasteiger partial charge in [-0.05, 0) is 62.1 Å². The lowest BCUT2D eigenvalue weighted by Gasteiger charge is -2.32.